The van der Waals surface area contributed by atoms with E-state index in [-0.39, 0.29) is 5.91 Å². The van der Waals surface area contributed by atoms with E-state index in [1.54, 1.807) is 4.90 Å². The molecule has 0 aliphatic rings. The molecule has 3 aromatic rings. The van der Waals surface area contributed by atoms with E-state index in [0.717, 1.165) is 22.2 Å². The zero-order chi connectivity index (χ0) is 16.2. The lowest BCUT2D eigenvalue weighted by Crippen LogP contribution is -2.26. The fourth-order valence-corrected chi connectivity index (χ4v) is 2.60. The number of fused-ring (bicyclic) bond motifs is 1. The summed E-state index contributed by atoms with van der Waals surface area (Å²) in [5.41, 5.74) is 2.66. The molecule has 4 heteroatoms. The van der Waals surface area contributed by atoms with Gasteiger partial charge in [-0.2, -0.15) is 0 Å². The Morgan fingerprint density at radius 1 is 1.13 bits per heavy atom. The number of nitrogens with zero attached hydrogens (tertiary/aromatic N) is 1. The maximum absolute atomic E-state index is 12.6. The molecule has 0 aliphatic heterocycles. The van der Waals surface area contributed by atoms with Crippen LogP contribution in [0.2, 0.25) is 0 Å². The van der Waals surface area contributed by atoms with Gasteiger partial charge in [-0.05, 0) is 36.8 Å². The maximum atomic E-state index is 12.6. The average molecular weight is 308 g/mol. The molecule has 0 saturated heterocycles. The first kappa shape index (κ1) is 15.2. The van der Waals surface area contributed by atoms with Crippen LogP contribution in [0.3, 0.4) is 0 Å². The van der Waals surface area contributed by atoms with E-state index in [1.165, 1.54) is 0 Å². The Hall–Kier alpha value is -2.75. The zero-order valence-corrected chi connectivity index (χ0v) is 13.4. The van der Waals surface area contributed by atoms with Crippen molar-refractivity contribution in [1.29, 1.82) is 0 Å². The molecule has 2 aromatic carbocycles. The summed E-state index contributed by atoms with van der Waals surface area (Å²) in [6, 6.07) is 17.6. The number of aromatic nitrogens is 1. The van der Waals surface area contributed by atoms with Gasteiger partial charge in [0.25, 0.3) is 5.91 Å². The van der Waals surface area contributed by atoms with Crippen LogP contribution in [0.25, 0.3) is 10.9 Å². The van der Waals surface area contributed by atoms with Gasteiger partial charge in [-0.1, -0.05) is 30.3 Å². The second-order valence-corrected chi connectivity index (χ2v) is 5.51. The Labute approximate surface area is 135 Å². The lowest BCUT2D eigenvalue weighted by atomic mass is 10.2. The molecule has 1 N–H and O–H groups in total. The number of amides is 1. The average Bonchev–Trinajstić information content (AvgIpc) is 3.00. The highest BCUT2D eigenvalue weighted by Crippen LogP contribution is 2.17. The van der Waals surface area contributed by atoms with Crippen LogP contribution in [-0.4, -0.2) is 29.4 Å². The van der Waals surface area contributed by atoms with Crippen molar-refractivity contribution in [2.24, 2.45) is 0 Å². The molecule has 0 fully saturated rings. The van der Waals surface area contributed by atoms with Crippen molar-refractivity contribution in [3.8, 4) is 5.75 Å². The number of ether oxygens (including phenoxy) is 1. The third-order valence-corrected chi connectivity index (χ3v) is 3.76. The third kappa shape index (κ3) is 3.37. The van der Waals surface area contributed by atoms with Crippen LogP contribution in [-0.2, 0) is 6.54 Å². The van der Waals surface area contributed by atoms with E-state index in [4.69, 9.17) is 4.74 Å². The summed E-state index contributed by atoms with van der Waals surface area (Å²) in [6.45, 7) is 3.17. The topological polar surface area (TPSA) is 45.3 Å². The van der Waals surface area contributed by atoms with Crippen molar-refractivity contribution in [2.75, 3.05) is 13.7 Å². The number of para-hydroxylation sites is 1. The molecule has 0 unspecified atom stereocenters. The fraction of sp³-hybridized carbons (Fsp3) is 0.211. The predicted octanol–water partition coefficient (Wildman–Crippen LogP) is 3.84. The normalized spacial score (nSPS) is 10.7. The lowest BCUT2D eigenvalue weighted by molar-refractivity contribution is 0.0780. The van der Waals surface area contributed by atoms with Gasteiger partial charge in [0.1, 0.15) is 11.4 Å². The standard InChI is InChI=1S/C19H20N2O2/c1-3-23-16-10-8-14(9-11-16)13-21(2)19(22)18-12-15-6-4-5-7-17(15)20-18/h4-12,20H,3,13H2,1-2H3. The Kier molecular flexibility index (Phi) is 4.33. The number of carbonyl (C=O) groups excluding carboxylic acids is 1. The fourth-order valence-electron chi connectivity index (χ4n) is 2.60. The van der Waals surface area contributed by atoms with Crippen LogP contribution in [0.1, 0.15) is 23.0 Å². The molecule has 1 heterocycles. The van der Waals surface area contributed by atoms with Crippen molar-refractivity contribution >= 4 is 16.8 Å². The van der Waals surface area contributed by atoms with E-state index in [0.29, 0.717) is 18.8 Å². The van der Waals surface area contributed by atoms with E-state index < -0.39 is 0 Å². The highest BCUT2D eigenvalue weighted by Gasteiger charge is 2.14. The molecule has 4 nitrogen and oxygen atoms in total. The first-order valence-electron chi connectivity index (χ1n) is 7.72. The van der Waals surface area contributed by atoms with Crippen molar-refractivity contribution in [1.82, 2.24) is 9.88 Å². The molecule has 23 heavy (non-hydrogen) atoms. The highest BCUT2D eigenvalue weighted by atomic mass is 16.5. The molecule has 0 spiro atoms. The van der Waals surface area contributed by atoms with Crippen molar-refractivity contribution in [3.63, 3.8) is 0 Å². The SMILES string of the molecule is CCOc1ccc(CN(C)C(=O)c2cc3ccccc3[nH]2)cc1. The minimum Gasteiger partial charge on any atom is -0.494 e. The monoisotopic (exact) mass is 308 g/mol. The molecular formula is C19H20N2O2. The summed E-state index contributed by atoms with van der Waals surface area (Å²) < 4.78 is 5.43. The van der Waals surface area contributed by atoms with Gasteiger partial charge < -0.3 is 14.6 Å². The Balaban J connectivity index is 1.71. The van der Waals surface area contributed by atoms with Gasteiger partial charge in [0.05, 0.1) is 6.61 Å². The number of rotatable bonds is 5. The Bertz CT molecular complexity index is 773. The molecule has 0 bridgehead atoms. The van der Waals surface area contributed by atoms with Crippen LogP contribution in [0, 0.1) is 0 Å². The van der Waals surface area contributed by atoms with Gasteiger partial charge in [-0.15, -0.1) is 0 Å². The number of carbonyl (C=O) groups is 1. The molecule has 0 saturated carbocycles. The number of H-pyrrole nitrogens is 1. The van der Waals surface area contributed by atoms with Crippen LogP contribution in [0.5, 0.6) is 5.75 Å². The first-order chi connectivity index (χ1) is 11.2. The van der Waals surface area contributed by atoms with Crippen molar-refractivity contribution < 1.29 is 9.53 Å². The van der Waals surface area contributed by atoms with E-state index in [2.05, 4.69) is 4.98 Å². The number of benzene rings is 2. The van der Waals surface area contributed by atoms with Crippen molar-refractivity contribution in [3.05, 3.63) is 65.9 Å². The summed E-state index contributed by atoms with van der Waals surface area (Å²) in [7, 11) is 1.81. The molecule has 0 atom stereocenters. The number of aromatic amines is 1. The largest absolute Gasteiger partial charge is 0.494 e. The predicted molar refractivity (Wildman–Crippen MR) is 91.7 cm³/mol. The first-order valence-corrected chi connectivity index (χ1v) is 7.72. The Morgan fingerprint density at radius 2 is 1.87 bits per heavy atom. The Morgan fingerprint density at radius 3 is 2.57 bits per heavy atom. The molecule has 3 rings (SSSR count). The van der Waals surface area contributed by atoms with Gasteiger partial charge in [0.2, 0.25) is 0 Å². The minimum atomic E-state index is -0.0184. The summed E-state index contributed by atoms with van der Waals surface area (Å²) in [5, 5.41) is 1.05. The van der Waals surface area contributed by atoms with Gasteiger partial charge in [-0.3, -0.25) is 4.79 Å². The number of hydrogen-bond acceptors (Lipinski definition) is 2. The van der Waals surface area contributed by atoms with Gasteiger partial charge in [-0.25, -0.2) is 0 Å². The maximum Gasteiger partial charge on any atom is 0.270 e. The summed E-state index contributed by atoms with van der Waals surface area (Å²) in [4.78, 5) is 17.4. The second kappa shape index (κ2) is 6.57. The summed E-state index contributed by atoms with van der Waals surface area (Å²) in [6.07, 6.45) is 0. The van der Waals surface area contributed by atoms with Crippen LogP contribution >= 0.6 is 0 Å². The van der Waals surface area contributed by atoms with E-state index in [9.17, 15) is 4.79 Å². The van der Waals surface area contributed by atoms with Crippen molar-refractivity contribution in [2.45, 2.75) is 13.5 Å². The molecule has 0 radical (unpaired) electrons. The summed E-state index contributed by atoms with van der Waals surface area (Å²) in [5.74, 6) is 0.830. The second-order valence-electron chi connectivity index (χ2n) is 5.51. The molecule has 118 valence electrons. The van der Waals surface area contributed by atoms with Gasteiger partial charge >= 0.3 is 0 Å². The highest BCUT2D eigenvalue weighted by molar-refractivity contribution is 5.97. The molecule has 0 aliphatic carbocycles. The smallest absolute Gasteiger partial charge is 0.270 e. The number of nitrogens with one attached hydrogen (secondary N) is 1. The quantitative estimate of drug-likeness (QED) is 0.778. The van der Waals surface area contributed by atoms with Crippen LogP contribution < -0.4 is 4.74 Å². The van der Waals surface area contributed by atoms with Gasteiger partial charge in [0, 0.05) is 24.5 Å². The number of hydrogen-bond donors (Lipinski definition) is 1. The zero-order valence-electron chi connectivity index (χ0n) is 13.4. The third-order valence-electron chi connectivity index (χ3n) is 3.76. The van der Waals surface area contributed by atoms with E-state index >= 15 is 0 Å². The lowest BCUT2D eigenvalue weighted by Gasteiger charge is -2.16. The van der Waals surface area contributed by atoms with E-state index in [1.807, 2.05) is 68.6 Å². The molecular weight excluding hydrogens is 288 g/mol. The molecule has 1 aromatic heterocycles. The summed E-state index contributed by atoms with van der Waals surface area (Å²) >= 11 is 0. The van der Waals surface area contributed by atoms with Crippen LogP contribution in [0.4, 0.5) is 0 Å². The van der Waals surface area contributed by atoms with Crippen LogP contribution in [0.15, 0.2) is 54.6 Å². The van der Waals surface area contributed by atoms with Gasteiger partial charge in [0.15, 0.2) is 0 Å². The molecule has 1 amide bonds. The minimum absolute atomic E-state index is 0.0184.